The van der Waals surface area contributed by atoms with E-state index in [1.54, 1.807) is 24.3 Å². The number of benzene rings is 1. The second-order valence-electron chi connectivity index (χ2n) is 5.13. The van der Waals surface area contributed by atoms with Crippen LogP contribution in [0.4, 0.5) is 0 Å². The van der Waals surface area contributed by atoms with Gasteiger partial charge in [-0.2, -0.15) is 0 Å². The standard InChI is InChI=1S/C17H21NO5/c1-3-13(4-2)18-16(19)10-21-17(20)8-6-12-5-7-14-15(9-12)23-11-22-14/h5-9,13H,3-4,10-11H2,1-2H3,(H,18,19)/b8-6+. The molecule has 0 spiro atoms. The summed E-state index contributed by atoms with van der Waals surface area (Å²) in [6.45, 7) is 3.92. The van der Waals surface area contributed by atoms with Crippen LogP contribution in [0.2, 0.25) is 0 Å². The van der Waals surface area contributed by atoms with Gasteiger partial charge in [0.1, 0.15) is 0 Å². The van der Waals surface area contributed by atoms with Crippen LogP contribution >= 0.6 is 0 Å². The van der Waals surface area contributed by atoms with Crippen molar-refractivity contribution in [3.63, 3.8) is 0 Å². The fraction of sp³-hybridized carbons (Fsp3) is 0.412. The molecule has 1 amide bonds. The Morgan fingerprint density at radius 3 is 2.74 bits per heavy atom. The molecule has 0 fully saturated rings. The number of rotatable bonds is 7. The molecular weight excluding hydrogens is 298 g/mol. The Balaban J connectivity index is 1.79. The van der Waals surface area contributed by atoms with Crippen molar-refractivity contribution >= 4 is 18.0 Å². The second-order valence-corrected chi connectivity index (χ2v) is 5.13. The van der Waals surface area contributed by atoms with Crippen molar-refractivity contribution in [3.05, 3.63) is 29.8 Å². The Bertz CT molecular complexity index is 593. The van der Waals surface area contributed by atoms with E-state index < -0.39 is 5.97 Å². The van der Waals surface area contributed by atoms with Crippen LogP contribution in [0.1, 0.15) is 32.3 Å². The van der Waals surface area contributed by atoms with Crippen molar-refractivity contribution in [1.82, 2.24) is 5.32 Å². The molecule has 1 aliphatic heterocycles. The lowest BCUT2D eigenvalue weighted by Crippen LogP contribution is -2.36. The number of carbonyl (C=O) groups excluding carboxylic acids is 2. The van der Waals surface area contributed by atoms with Crippen LogP contribution in [0.15, 0.2) is 24.3 Å². The van der Waals surface area contributed by atoms with Crippen molar-refractivity contribution < 1.29 is 23.8 Å². The summed E-state index contributed by atoms with van der Waals surface area (Å²) in [7, 11) is 0. The zero-order valence-electron chi connectivity index (χ0n) is 13.3. The third-order valence-corrected chi connectivity index (χ3v) is 3.50. The van der Waals surface area contributed by atoms with Gasteiger partial charge in [-0.25, -0.2) is 4.79 Å². The van der Waals surface area contributed by atoms with Gasteiger partial charge in [-0.3, -0.25) is 4.79 Å². The van der Waals surface area contributed by atoms with Crippen molar-refractivity contribution in [3.8, 4) is 11.5 Å². The van der Waals surface area contributed by atoms with Crippen LogP contribution in [0, 0.1) is 0 Å². The fourth-order valence-corrected chi connectivity index (χ4v) is 2.13. The third-order valence-electron chi connectivity index (χ3n) is 3.50. The molecule has 0 aliphatic carbocycles. The lowest BCUT2D eigenvalue weighted by atomic mass is 10.2. The molecule has 1 heterocycles. The number of amides is 1. The van der Waals surface area contributed by atoms with E-state index in [0.717, 1.165) is 18.4 Å². The normalized spacial score (nSPS) is 12.7. The zero-order valence-corrected chi connectivity index (χ0v) is 13.3. The number of nitrogens with one attached hydrogen (secondary N) is 1. The van der Waals surface area contributed by atoms with Gasteiger partial charge >= 0.3 is 5.97 Å². The second kappa shape index (κ2) is 8.22. The van der Waals surface area contributed by atoms with E-state index in [9.17, 15) is 9.59 Å². The molecular formula is C17H21NO5. The predicted molar refractivity (Wildman–Crippen MR) is 85.1 cm³/mol. The molecule has 0 saturated carbocycles. The van der Waals surface area contributed by atoms with Crippen LogP contribution in [0.3, 0.4) is 0 Å². The highest BCUT2D eigenvalue weighted by Crippen LogP contribution is 2.32. The van der Waals surface area contributed by atoms with Crippen LogP contribution in [0.25, 0.3) is 6.08 Å². The molecule has 0 bridgehead atoms. The van der Waals surface area contributed by atoms with E-state index in [4.69, 9.17) is 14.2 Å². The van der Waals surface area contributed by atoms with Crippen LogP contribution < -0.4 is 14.8 Å². The minimum Gasteiger partial charge on any atom is -0.454 e. The Morgan fingerprint density at radius 2 is 2.00 bits per heavy atom. The Morgan fingerprint density at radius 1 is 1.26 bits per heavy atom. The molecule has 1 N–H and O–H groups in total. The first-order valence-corrected chi connectivity index (χ1v) is 7.66. The van der Waals surface area contributed by atoms with Crippen molar-refractivity contribution in [2.24, 2.45) is 0 Å². The number of carbonyl (C=O) groups is 2. The smallest absolute Gasteiger partial charge is 0.331 e. The molecule has 6 heteroatoms. The SMILES string of the molecule is CCC(CC)NC(=O)COC(=O)/C=C/c1ccc2c(c1)OCO2. The Kier molecular flexibility index (Phi) is 6.02. The van der Waals surface area contributed by atoms with Gasteiger partial charge in [0.15, 0.2) is 18.1 Å². The summed E-state index contributed by atoms with van der Waals surface area (Å²) >= 11 is 0. The molecule has 1 aliphatic rings. The average Bonchev–Trinajstić information content (AvgIpc) is 3.03. The van der Waals surface area contributed by atoms with Gasteiger partial charge in [-0.1, -0.05) is 19.9 Å². The number of esters is 1. The van der Waals surface area contributed by atoms with E-state index in [2.05, 4.69) is 5.32 Å². The van der Waals surface area contributed by atoms with Gasteiger partial charge in [-0.15, -0.1) is 0 Å². The number of hydrogen-bond donors (Lipinski definition) is 1. The minimum atomic E-state index is -0.567. The van der Waals surface area contributed by atoms with E-state index in [1.807, 2.05) is 13.8 Å². The quantitative estimate of drug-likeness (QED) is 0.616. The first kappa shape index (κ1) is 16.9. The van der Waals surface area contributed by atoms with Crippen molar-refractivity contribution in [2.45, 2.75) is 32.7 Å². The van der Waals surface area contributed by atoms with E-state index >= 15 is 0 Å². The summed E-state index contributed by atoms with van der Waals surface area (Å²) < 4.78 is 15.4. The van der Waals surface area contributed by atoms with Gasteiger partial charge in [-0.05, 0) is 36.6 Å². The van der Waals surface area contributed by atoms with E-state index in [-0.39, 0.29) is 25.3 Å². The summed E-state index contributed by atoms with van der Waals surface area (Å²) in [6.07, 6.45) is 4.57. The highest BCUT2D eigenvalue weighted by Gasteiger charge is 2.13. The zero-order chi connectivity index (χ0) is 16.7. The minimum absolute atomic E-state index is 0.116. The van der Waals surface area contributed by atoms with Crippen LogP contribution in [-0.4, -0.2) is 31.3 Å². The molecule has 0 atom stereocenters. The maximum Gasteiger partial charge on any atom is 0.331 e. The van der Waals surface area contributed by atoms with Crippen LogP contribution in [0.5, 0.6) is 11.5 Å². The van der Waals surface area contributed by atoms with Gasteiger partial charge in [0.2, 0.25) is 6.79 Å². The van der Waals surface area contributed by atoms with Gasteiger partial charge in [0.25, 0.3) is 5.91 Å². The summed E-state index contributed by atoms with van der Waals surface area (Å²) in [5, 5.41) is 2.80. The average molecular weight is 319 g/mol. The predicted octanol–water partition coefficient (Wildman–Crippen LogP) is 2.28. The monoisotopic (exact) mass is 319 g/mol. The van der Waals surface area contributed by atoms with E-state index in [1.165, 1.54) is 6.08 Å². The lowest BCUT2D eigenvalue weighted by Gasteiger charge is -2.14. The van der Waals surface area contributed by atoms with Crippen molar-refractivity contribution in [2.75, 3.05) is 13.4 Å². The molecule has 0 aromatic heterocycles. The lowest BCUT2D eigenvalue weighted by molar-refractivity contribution is -0.144. The van der Waals surface area contributed by atoms with Crippen molar-refractivity contribution in [1.29, 1.82) is 0 Å². The summed E-state index contributed by atoms with van der Waals surface area (Å²) in [5.74, 6) is 0.471. The highest BCUT2D eigenvalue weighted by atomic mass is 16.7. The molecule has 0 saturated heterocycles. The maximum atomic E-state index is 11.6. The number of fused-ring (bicyclic) bond motifs is 1. The molecule has 0 radical (unpaired) electrons. The molecule has 1 aromatic carbocycles. The fourth-order valence-electron chi connectivity index (χ4n) is 2.13. The highest BCUT2D eigenvalue weighted by molar-refractivity contribution is 5.89. The molecule has 6 nitrogen and oxygen atoms in total. The largest absolute Gasteiger partial charge is 0.454 e. The Labute approximate surface area is 135 Å². The first-order chi connectivity index (χ1) is 11.1. The molecule has 23 heavy (non-hydrogen) atoms. The maximum absolute atomic E-state index is 11.6. The molecule has 2 rings (SSSR count). The topological polar surface area (TPSA) is 73.9 Å². The summed E-state index contributed by atoms with van der Waals surface area (Å²) in [6, 6.07) is 5.46. The van der Waals surface area contributed by atoms with Crippen LogP contribution in [-0.2, 0) is 14.3 Å². The van der Waals surface area contributed by atoms with Gasteiger partial charge in [0, 0.05) is 12.1 Å². The number of hydrogen-bond acceptors (Lipinski definition) is 5. The molecule has 1 aromatic rings. The summed E-state index contributed by atoms with van der Waals surface area (Å²) in [5.41, 5.74) is 0.785. The molecule has 0 unspecified atom stereocenters. The molecule has 124 valence electrons. The summed E-state index contributed by atoms with van der Waals surface area (Å²) in [4.78, 5) is 23.3. The van der Waals surface area contributed by atoms with E-state index in [0.29, 0.717) is 11.5 Å². The van der Waals surface area contributed by atoms with Gasteiger partial charge in [0.05, 0.1) is 0 Å². The van der Waals surface area contributed by atoms with Gasteiger partial charge < -0.3 is 19.5 Å². The first-order valence-electron chi connectivity index (χ1n) is 7.66. The number of ether oxygens (including phenoxy) is 3. The Hall–Kier alpha value is -2.50. The third kappa shape index (κ3) is 5.02.